The van der Waals surface area contributed by atoms with Crippen molar-refractivity contribution in [3.8, 4) is 0 Å². The van der Waals surface area contributed by atoms with E-state index >= 15 is 0 Å². The Morgan fingerprint density at radius 2 is 1.83 bits per heavy atom. The maximum Gasteiger partial charge on any atom is 0.228 e. The molecular formula is C18H21ClN2OS. The molecule has 1 heterocycles. The summed E-state index contributed by atoms with van der Waals surface area (Å²) in [7, 11) is 0. The quantitative estimate of drug-likeness (QED) is 0.870. The average Bonchev–Trinajstić information content (AvgIpc) is 2.58. The molecule has 2 aromatic rings. The lowest BCUT2D eigenvalue weighted by atomic mass is 9.99. The fraction of sp³-hybridized carbons (Fsp3) is 0.278. The zero-order valence-corrected chi connectivity index (χ0v) is 14.5. The van der Waals surface area contributed by atoms with E-state index < -0.39 is 0 Å². The van der Waals surface area contributed by atoms with Crippen molar-refractivity contribution in [3.63, 3.8) is 0 Å². The number of halogens is 1. The van der Waals surface area contributed by atoms with Crippen LogP contribution in [0.3, 0.4) is 0 Å². The van der Waals surface area contributed by atoms with Crippen LogP contribution in [-0.4, -0.2) is 19.0 Å². The second kappa shape index (κ2) is 8.96. The topological polar surface area (TPSA) is 41.1 Å². The van der Waals surface area contributed by atoms with Crippen molar-refractivity contribution in [1.82, 2.24) is 5.32 Å². The molecule has 2 N–H and O–H groups in total. The summed E-state index contributed by atoms with van der Waals surface area (Å²) in [4.78, 5) is 14.7. The van der Waals surface area contributed by atoms with Crippen molar-refractivity contribution >= 4 is 35.8 Å². The summed E-state index contributed by atoms with van der Waals surface area (Å²) >= 11 is 1.67. The minimum absolute atomic E-state index is 0. The molecule has 1 aliphatic rings. The molecule has 2 aromatic carbocycles. The molecule has 0 spiro atoms. The van der Waals surface area contributed by atoms with E-state index in [4.69, 9.17) is 0 Å². The Labute approximate surface area is 147 Å². The van der Waals surface area contributed by atoms with E-state index in [2.05, 4.69) is 22.8 Å². The van der Waals surface area contributed by atoms with Crippen LogP contribution in [0.2, 0.25) is 0 Å². The number of hydrogen-bond donors (Lipinski definition) is 2. The van der Waals surface area contributed by atoms with Gasteiger partial charge < -0.3 is 10.6 Å². The highest BCUT2D eigenvalue weighted by atomic mass is 35.5. The van der Waals surface area contributed by atoms with E-state index in [0.29, 0.717) is 0 Å². The molecule has 1 saturated heterocycles. The van der Waals surface area contributed by atoms with Crippen molar-refractivity contribution in [1.29, 1.82) is 0 Å². The third-order valence-corrected chi connectivity index (χ3v) is 4.87. The maximum atomic E-state index is 12.4. The Morgan fingerprint density at radius 3 is 2.57 bits per heavy atom. The number of rotatable bonds is 4. The fourth-order valence-corrected chi connectivity index (χ4v) is 3.51. The molecule has 0 aromatic heterocycles. The van der Waals surface area contributed by atoms with Gasteiger partial charge in [0.15, 0.2) is 0 Å². The van der Waals surface area contributed by atoms with Crippen LogP contribution >= 0.6 is 24.2 Å². The molecular weight excluding hydrogens is 328 g/mol. The highest BCUT2D eigenvalue weighted by Gasteiger charge is 2.21. The maximum absolute atomic E-state index is 12.4. The molecule has 0 bridgehead atoms. The van der Waals surface area contributed by atoms with Crippen molar-refractivity contribution in [2.24, 2.45) is 5.92 Å². The van der Waals surface area contributed by atoms with Crippen molar-refractivity contribution < 1.29 is 4.79 Å². The van der Waals surface area contributed by atoms with E-state index in [-0.39, 0.29) is 24.2 Å². The Hall–Kier alpha value is -1.49. The first kappa shape index (κ1) is 17.9. The Kier molecular flexibility index (Phi) is 6.96. The van der Waals surface area contributed by atoms with Gasteiger partial charge >= 0.3 is 0 Å². The van der Waals surface area contributed by atoms with Crippen LogP contribution in [-0.2, 0) is 4.79 Å². The molecule has 1 unspecified atom stereocenters. The summed E-state index contributed by atoms with van der Waals surface area (Å²) in [6, 6.07) is 18.2. The summed E-state index contributed by atoms with van der Waals surface area (Å²) in [6.45, 7) is 1.80. The van der Waals surface area contributed by atoms with Crippen LogP contribution in [0.4, 0.5) is 5.69 Å². The lowest BCUT2D eigenvalue weighted by Crippen LogP contribution is -2.37. The first-order valence-electron chi connectivity index (χ1n) is 7.66. The van der Waals surface area contributed by atoms with E-state index in [1.165, 1.54) is 4.90 Å². The third kappa shape index (κ3) is 4.99. The molecule has 5 heteroatoms. The average molecular weight is 349 g/mol. The first-order chi connectivity index (χ1) is 10.8. The molecule has 1 aliphatic heterocycles. The first-order valence-corrected chi connectivity index (χ1v) is 8.48. The van der Waals surface area contributed by atoms with Gasteiger partial charge in [0.25, 0.3) is 0 Å². The van der Waals surface area contributed by atoms with Crippen molar-refractivity contribution in [3.05, 3.63) is 54.6 Å². The largest absolute Gasteiger partial charge is 0.325 e. The third-order valence-electron chi connectivity index (χ3n) is 3.78. The summed E-state index contributed by atoms with van der Waals surface area (Å²) < 4.78 is 0. The van der Waals surface area contributed by atoms with Gasteiger partial charge in [-0.15, -0.1) is 12.4 Å². The van der Waals surface area contributed by atoms with E-state index in [1.54, 1.807) is 11.8 Å². The number of para-hydroxylation sites is 1. The summed E-state index contributed by atoms with van der Waals surface area (Å²) in [5.41, 5.74) is 0.895. The smallest absolute Gasteiger partial charge is 0.228 e. The standard InChI is InChI=1S/C18H20N2OS.ClH/c21-18(14-7-6-12-19-13-14)20-16-10-4-5-11-17(16)22-15-8-2-1-3-9-15;/h1-5,8-11,14,19H,6-7,12-13H2,(H,20,21);1H. The molecule has 1 fully saturated rings. The van der Waals surface area contributed by atoms with Crippen LogP contribution in [0.15, 0.2) is 64.4 Å². The molecule has 3 nitrogen and oxygen atoms in total. The SMILES string of the molecule is Cl.O=C(Nc1ccccc1Sc1ccccc1)C1CCCNC1. The molecule has 1 amide bonds. The van der Waals surface area contributed by atoms with Crippen LogP contribution in [0.25, 0.3) is 0 Å². The van der Waals surface area contributed by atoms with Gasteiger partial charge in [0.05, 0.1) is 11.6 Å². The summed E-state index contributed by atoms with van der Waals surface area (Å²) in [5.74, 6) is 0.192. The second-order valence-electron chi connectivity index (χ2n) is 5.44. The van der Waals surface area contributed by atoms with Gasteiger partial charge in [0.2, 0.25) is 5.91 Å². The lowest BCUT2D eigenvalue weighted by Gasteiger charge is -2.22. The zero-order valence-electron chi connectivity index (χ0n) is 12.8. The van der Waals surface area contributed by atoms with Crippen LogP contribution in [0.5, 0.6) is 0 Å². The van der Waals surface area contributed by atoms with Gasteiger partial charge in [-0.3, -0.25) is 4.79 Å². The number of carbonyl (C=O) groups excluding carboxylic acids is 1. The lowest BCUT2D eigenvalue weighted by molar-refractivity contribution is -0.120. The highest BCUT2D eigenvalue weighted by Crippen LogP contribution is 2.33. The van der Waals surface area contributed by atoms with Crippen molar-refractivity contribution in [2.75, 3.05) is 18.4 Å². The van der Waals surface area contributed by atoms with E-state index in [9.17, 15) is 4.79 Å². The number of carbonyl (C=O) groups is 1. The molecule has 1 atom stereocenters. The number of benzene rings is 2. The van der Waals surface area contributed by atoms with E-state index in [1.807, 2.05) is 42.5 Å². The van der Waals surface area contributed by atoms with Gasteiger partial charge in [-0.2, -0.15) is 0 Å². The van der Waals surface area contributed by atoms with E-state index in [0.717, 1.165) is 36.5 Å². The molecule has 0 aliphatic carbocycles. The molecule has 0 saturated carbocycles. The van der Waals surface area contributed by atoms with Gasteiger partial charge in [-0.05, 0) is 43.7 Å². The van der Waals surface area contributed by atoms with Crippen LogP contribution < -0.4 is 10.6 Å². The number of hydrogen-bond acceptors (Lipinski definition) is 3. The number of piperidine rings is 1. The summed E-state index contributed by atoms with van der Waals surface area (Å²) in [6.07, 6.45) is 2.03. The number of amides is 1. The van der Waals surface area contributed by atoms with Gasteiger partial charge in [-0.1, -0.05) is 42.1 Å². The monoisotopic (exact) mass is 348 g/mol. The predicted octanol–water partition coefficient (Wildman–Crippen LogP) is 4.20. The van der Waals surface area contributed by atoms with Crippen molar-refractivity contribution in [2.45, 2.75) is 22.6 Å². The van der Waals surface area contributed by atoms with Gasteiger partial charge in [0.1, 0.15) is 0 Å². The second-order valence-corrected chi connectivity index (χ2v) is 6.56. The molecule has 3 rings (SSSR count). The molecule has 0 radical (unpaired) electrons. The number of anilines is 1. The molecule has 122 valence electrons. The molecule has 23 heavy (non-hydrogen) atoms. The minimum atomic E-state index is 0. The Morgan fingerprint density at radius 1 is 1.09 bits per heavy atom. The fourth-order valence-electron chi connectivity index (χ4n) is 2.58. The Balaban J connectivity index is 0.00000192. The Bertz CT molecular complexity index is 630. The normalized spacial score (nSPS) is 17.1. The van der Waals surface area contributed by atoms with Crippen LogP contribution in [0.1, 0.15) is 12.8 Å². The minimum Gasteiger partial charge on any atom is -0.325 e. The highest BCUT2D eigenvalue weighted by molar-refractivity contribution is 7.99. The number of nitrogens with one attached hydrogen (secondary N) is 2. The van der Waals surface area contributed by atoms with Crippen LogP contribution in [0, 0.1) is 5.92 Å². The summed E-state index contributed by atoms with van der Waals surface area (Å²) in [5, 5.41) is 6.39. The predicted molar refractivity (Wildman–Crippen MR) is 98.5 cm³/mol. The van der Waals surface area contributed by atoms with Gasteiger partial charge in [-0.25, -0.2) is 0 Å². The van der Waals surface area contributed by atoms with Gasteiger partial charge in [0, 0.05) is 16.3 Å². The zero-order chi connectivity index (χ0) is 15.2.